The van der Waals surface area contributed by atoms with Crippen molar-refractivity contribution in [1.29, 1.82) is 0 Å². The molecule has 0 fully saturated rings. The van der Waals surface area contributed by atoms with Crippen LogP contribution in [0.5, 0.6) is 0 Å². The van der Waals surface area contributed by atoms with Gasteiger partial charge in [0.05, 0.1) is 10.6 Å². The van der Waals surface area contributed by atoms with Gasteiger partial charge in [-0.05, 0) is 43.5 Å². The fourth-order valence-electron chi connectivity index (χ4n) is 2.94. The summed E-state index contributed by atoms with van der Waals surface area (Å²) in [5.41, 5.74) is 0.881. The number of amides is 2. The van der Waals surface area contributed by atoms with Gasteiger partial charge in [0, 0.05) is 28.9 Å². The molecule has 0 radical (unpaired) electrons. The van der Waals surface area contributed by atoms with Gasteiger partial charge in [-0.2, -0.15) is 9.49 Å². The van der Waals surface area contributed by atoms with Crippen molar-refractivity contribution >= 4 is 34.5 Å². The van der Waals surface area contributed by atoms with Gasteiger partial charge in [-0.1, -0.05) is 6.07 Å². The second-order valence-corrected chi connectivity index (χ2v) is 7.47. The molecule has 11 heteroatoms. The number of carbonyl (C=O) groups is 2. The van der Waals surface area contributed by atoms with Gasteiger partial charge < -0.3 is 10.6 Å². The van der Waals surface area contributed by atoms with Crippen molar-refractivity contribution in [3.63, 3.8) is 0 Å². The maximum atomic E-state index is 13.4. The van der Waals surface area contributed by atoms with E-state index in [1.54, 1.807) is 4.68 Å². The van der Waals surface area contributed by atoms with Gasteiger partial charge in [0.15, 0.2) is 0 Å². The summed E-state index contributed by atoms with van der Waals surface area (Å²) in [5.74, 6) is -2.98. The number of nitrogens with one attached hydrogen (secondary N) is 2. The standard InChI is InChI=1S/C19H18FN5O4S/c1-11-8-12(2)24(23-11)16(17-4-3-7-30-17)10-21-18(26)19(27)22-13-5-6-14(20)15(9-13)25(28)29/h3-9,16H,10H2,1-2H3,(H,21,26)(H,22,27). The maximum absolute atomic E-state index is 13.4. The molecular weight excluding hydrogens is 413 g/mol. The third kappa shape index (κ3) is 4.69. The third-order valence-electron chi connectivity index (χ3n) is 4.27. The number of anilines is 1. The number of hydrogen-bond acceptors (Lipinski definition) is 6. The molecule has 0 aliphatic rings. The second kappa shape index (κ2) is 8.82. The van der Waals surface area contributed by atoms with E-state index < -0.39 is 28.2 Å². The monoisotopic (exact) mass is 431 g/mol. The number of halogens is 1. The first-order valence-corrected chi connectivity index (χ1v) is 9.73. The number of nitro groups is 1. The summed E-state index contributed by atoms with van der Waals surface area (Å²) in [7, 11) is 0. The van der Waals surface area contributed by atoms with E-state index in [0.717, 1.165) is 34.5 Å². The third-order valence-corrected chi connectivity index (χ3v) is 5.25. The normalized spacial score (nSPS) is 11.7. The van der Waals surface area contributed by atoms with Crippen LogP contribution in [-0.4, -0.2) is 33.1 Å². The van der Waals surface area contributed by atoms with E-state index in [0.29, 0.717) is 0 Å². The Balaban J connectivity index is 1.70. The Kier molecular flexibility index (Phi) is 6.21. The van der Waals surface area contributed by atoms with Crippen LogP contribution in [0.2, 0.25) is 0 Å². The molecule has 2 amide bonds. The lowest BCUT2D eigenvalue weighted by molar-refractivity contribution is -0.387. The van der Waals surface area contributed by atoms with Crippen LogP contribution in [0, 0.1) is 29.8 Å². The smallest absolute Gasteiger partial charge is 0.313 e. The van der Waals surface area contributed by atoms with E-state index in [9.17, 15) is 24.1 Å². The van der Waals surface area contributed by atoms with Gasteiger partial charge in [0.25, 0.3) is 0 Å². The number of aryl methyl sites for hydroxylation is 2. The topological polar surface area (TPSA) is 119 Å². The molecule has 1 atom stereocenters. The average Bonchev–Trinajstić information content (AvgIpc) is 3.33. The number of aromatic nitrogens is 2. The zero-order valence-corrected chi connectivity index (χ0v) is 16.9. The lowest BCUT2D eigenvalue weighted by atomic mass is 10.2. The van der Waals surface area contributed by atoms with Crippen LogP contribution in [0.3, 0.4) is 0 Å². The van der Waals surface area contributed by atoms with Crippen molar-refractivity contribution in [3.05, 3.63) is 74.0 Å². The molecule has 0 aliphatic carbocycles. The van der Waals surface area contributed by atoms with Crippen molar-refractivity contribution < 1.29 is 18.9 Å². The lowest BCUT2D eigenvalue weighted by Crippen LogP contribution is -2.39. The summed E-state index contributed by atoms with van der Waals surface area (Å²) in [6.45, 7) is 3.87. The van der Waals surface area contributed by atoms with Crippen LogP contribution in [0.1, 0.15) is 22.3 Å². The largest absolute Gasteiger partial charge is 0.345 e. The second-order valence-electron chi connectivity index (χ2n) is 6.49. The number of benzene rings is 1. The van der Waals surface area contributed by atoms with Crippen LogP contribution in [-0.2, 0) is 9.59 Å². The highest BCUT2D eigenvalue weighted by Gasteiger charge is 2.22. The summed E-state index contributed by atoms with van der Waals surface area (Å²) >= 11 is 1.50. The molecule has 0 aliphatic heterocycles. The Bertz CT molecular complexity index is 1100. The number of carbonyl (C=O) groups excluding carboxylic acids is 2. The zero-order chi connectivity index (χ0) is 21.8. The number of nitro benzene ring substituents is 1. The van der Waals surface area contributed by atoms with Crippen LogP contribution >= 0.6 is 11.3 Å². The molecule has 30 heavy (non-hydrogen) atoms. The molecule has 156 valence electrons. The van der Waals surface area contributed by atoms with Crippen molar-refractivity contribution in [2.45, 2.75) is 19.9 Å². The Labute approximate surface area is 174 Å². The van der Waals surface area contributed by atoms with Gasteiger partial charge in [-0.15, -0.1) is 11.3 Å². The van der Waals surface area contributed by atoms with Gasteiger partial charge >= 0.3 is 17.5 Å². The van der Waals surface area contributed by atoms with Gasteiger partial charge in [0.2, 0.25) is 5.82 Å². The first-order chi connectivity index (χ1) is 14.3. The van der Waals surface area contributed by atoms with Crippen molar-refractivity contribution in [3.8, 4) is 0 Å². The Morgan fingerprint density at radius 3 is 2.63 bits per heavy atom. The van der Waals surface area contributed by atoms with E-state index >= 15 is 0 Å². The van der Waals surface area contributed by atoms with Crippen LogP contribution < -0.4 is 10.6 Å². The fraction of sp³-hybridized carbons (Fsp3) is 0.211. The molecule has 9 nitrogen and oxygen atoms in total. The number of rotatable bonds is 6. The molecule has 2 N–H and O–H groups in total. The summed E-state index contributed by atoms with van der Waals surface area (Å²) in [6.07, 6.45) is 0. The fourth-order valence-corrected chi connectivity index (χ4v) is 3.75. The molecule has 1 aromatic carbocycles. The van der Waals surface area contributed by atoms with Gasteiger partial charge in [0.1, 0.15) is 6.04 Å². The highest BCUT2D eigenvalue weighted by atomic mass is 32.1. The SMILES string of the molecule is Cc1cc(C)n(C(CNC(=O)C(=O)Nc2ccc(F)c([N+](=O)[O-])c2)c2cccs2)n1. The first-order valence-electron chi connectivity index (χ1n) is 8.85. The average molecular weight is 431 g/mol. The molecule has 1 unspecified atom stereocenters. The van der Waals surface area contributed by atoms with Crippen molar-refractivity contribution in [2.75, 3.05) is 11.9 Å². The van der Waals surface area contributed by atoms with E-state index in [4.69, 9.17) is 0 Å². The minimum Gasteiger partial charge on any atom is -0.345 e. The molecule has 0 saturated heterocycles. The van der Waals surface area contributed by atoms with Crippen molar-refractivity contribution in [1.82, 2.24) is 15.1 Å². The van der Waals surface area contributed by atoms with Crippen molar-refractivity contribution in [2.24, 2.45) is 0 Å². The zero-order valence-electron chi connectivity index (χ0n) is 16.1. The molecule has 0 bridgehead atoms. The molecule has 3 rings (SSSR count). The number of thiophene rings is 1. The van der Waals surface area contributed by atoms with E-state index in [1.807, 2.05) is 37.4 Å². The Hall–Kier alpha value is -3.60. The van der Waals surface area contributed by atoms with Gasteiger partial charge in [-0.25, -0.2) is 0 Å². The lowest BCUT2D eigenvalue weighted by Gasteiger charge is -2.18. The van der Waals surface area contributed by atoms with Crippen LogP contribution in [0.25, 0.3) is 0 Å². The summed E-state index contributed by atoms with van der Waals surface area (Å²) < 4.78 is 15.2. The molecular formula is C19H18FN5O4S. The number of hydrogen-bond donors (Lipinski definition) is 2. The van der Waals surface area contributed by atoms with E-state index in [-0.39, 0.29) is 18.3 Å². The molecule has 2 aromatic heterocycles. The first kappa shape index (κ1) is 21.1. The van der Waals surface area contributed by atoms with Crippen LogP contribution in [0.4, 0.5) is 15.8 Å². The minimum atomic E-state index is -1.04. The Morgan fingerprint density at radius 2 is 2.03 bits per heavy atom. The molecule has 0 saturated carbocycles. The van der Waals surface area contributed by atoms with Gasteiger partial charge in [-0.3, -0.25) is 24.4 Å². The minimum absolute atomic E-state index is 0.0587. The quantitative estimate of drug-likeness (QED) is 0.353. The summed E-state index contributed by atoms with van der Waals surface area (Å²) in [4.78, 5) is 35.3. The summed E-state index contributed by atoms with van der Waals surface area (Å²) in [6, 6.07) is 8.24. The Morgan fingerprint density at radius 1 is 1.27 bits per heavy atom. The van der Waals surface area contributed by atoms with E-state index in [1.165, 1.54) is 11.3 Å². The number of nitrogens with zero attached hydrogens (tertiary/aromatic N) is 3. The maximum Gasteiger partial charge on any atom is 0.313 e. The van der Waals surface area contributed by atoms with Crippen LogP contribution in [0.15, 0.2) is 41.8 Å². The predicted octanol–water partition coefficient (Wildman–Crippen LogP) is 2.95. The summed E-state index contributed by atoms with van der Waals surface area (Å²) in [5, 5.41) is 22.0. The molecule has 0 spiro atoms. The predicted molar refractivity (Wildman–Crippen MR) is 109 cm³/mol. The molecule has 3 aromatic rings. The molecule has 2 heterocycles. The van der Waals surface area contributed by atoms with E-state index in [2.05, 4.69) is 15.7 Å². The highest BCUT2D eigenvalue weighted by Crippen LogP contribution is 2.24. The highest BCUT2D eigenvalue weighted by molar-refractivity contribution is 7.10.